The van der Waals surface area contributed by atoms with Crippen molar-refractivity contribution in [1.82, 2.24) is 10.3 Å². The first-order valence-electron chi connectivity index (χ1n) is 8.81. The molecule has 3 rings (SSSR count). The Kier molecular flexibility index (Phi) is 6.06. The molecule has 1 aliphatic heterocycles. The van der Waals surface area contributed by atoms with Crippen molar-refractivity contribution >= 4 is 22.8 Å². The minimum absolute atomic E-state index is 0.0934. The van der Waals surface area contributed by atoms with Crippen LogP contribution < -0.4 is 5.32 Å². The van der Waals surface area contributed by atoms with Crippen LogP contribution in [0.1, 0.15) is 31.2 Å². The Morgan fingerprint density at radius 1 is 1.32 bits per heavy atom. The lowest BCUT2D eigenvalue weighted by Gasteiger charge is -2.10. The van der Waals surface area contributed by atoms with Gasteiger partial charge in [-0.1, -0.05) is 18.2 Å². The van der Waals surface area contributed by atoms with Gasteiger partial charge in [-0.15, -0.1) is 0 Å². The highest BCUT2D eigenvalue weighted by atomic mass is 16.5. The third kappa shape index (κ3) is 5.06. The highest BCUT2D eigenvalue weighted by molar-refractivity contribution is 5.83. The standard InChI is InChI=1S/C19H24N2O4/c22-18(21-12-15-6-4-10-24-15)13-25-19(23)9-3-5-14-11-20-17-8-2-1-7-16(14)17/h1-2,7-8,11,15,20H,3-6,9-10,12-13H2,(H,21,22)/t15-/m1/s1. The second-order valence-electron chi connectivity index (χ2n) is 6.31. The molecule has 1 amide bonds. The number of para-hydroxylation sites is 1. The summed E-state index contributed by atoms with van der Waals surface area (Å²) in [7, 11) is 0. The van der Waals surface area contributed by atoms with E-state index in [0.29, 0.717) is 19.4 Å². The number of carbonyl (C=O) groups excluding carboxylic acids is 2. The average Bonchev–Trinajstić information content (AvgIpc) is 3.28. The van der Waals surface area contributed by atoms with E-state index in [0.717, 1.165) is 31.4 Å². The van der Waals surface area contributed by atoms with E-state index in [2.05, 4.69) is 16.4 Å². The van der Waals surface area contributed by atoms with E-state index in [-0.39, 0.29) is 24.6 Å². The van der Waals surface area contributed by atoms with Crippen LogP contribution in [0.25, 0.3) is 10.9 Å². The van der Waals surface area contributed by atoms with E-state index in [1.54, 1.807) is 0 Å². The summed E-state index contributed by atoms with van der Waals surface area (Å²) in [4.78, 5) is 26.7. The Bertz CT molecular complexity index is 719. The van der Waals surface area contributed by atoms with Gasteiger partial charge in [-0.25, -0.2) is 0 Å². The predicted octanol–water partition coefficient (Wildman–Crippen LogP) is 2.33. The van der Waals surface area contributed by atoms with Crippen LogP contribution >= 0.6 is 0 Å². The van der Waals surface area contributed by atoms with Crippen LogP contribution in [-0.2, 0) is 25.5 Å². The first-order valence-corrected chi connectivity index (χ1v) is 8.81. The number of esters is 1. The minimum Gasteiger partial charge on any atom is -0.456 e. The van der Waals surface area contributed by atoms with Crippen LogP contribution in [0.15, 0.2) is 30.5 Å². The summed E-state index contributed by atoms with van der Waals surface area (Å²) in [6.07, 6.45) is 5.87. The van der Waals surface area contributed by atoms with Crippen molar-refractivity contribution in [3.8, 4) is 0 Å². The number of hydrogen-bond acceptors (Lipinski definition) is 4. The number of fused-ring (bicyclic) bond motifs is 1. The third-order valence-corrected chi connectivity index (χ3v) is 4.42. The zero-order chi connectivity index (χ0) is 17.5. The molecular formula is C19H24N2O4. The molecule has 1 fully saturated rings. The molecule has 0 saturated carbocycles. The van der Waals surface area contributed by atoms with Crippen molar-refractivity contribution in [2.45, 2.75) is 38.2 Å². The number of hydrogen-bond donors (Lipinski definition) is 2. The SMILES string of the molecule is O=C(COC(=O)CCCc1c[nH]c2ccccc12)NC[C@H]1CCCO1. The van der Waals surface area contributed by atoms with Crippen LogP contribution in [0.4, 0.5) is 0 Å². The number of ether oxygens (including phenoxy) is 2. The number of amides is 1. The van der Waals surface area contributed by atoms with Crippen LogP contribution in [0, 0.1) is 0 Å². The molecule has 1 aromatic heterocycles. The van der Waals surface area contributed by atoms with Crippen molar-refractivity contribution in [3.05, 3.63) is 36.0 Å². The fourth-order valence-electron chi connectivity index (χ4n) is 3.06. The Labute approximate surface area is 146 Å². The Morgan fingerprint density at radius 3 is 3.04 bits per heavy atom. The van der Waals surface area contributed by atoms with Gasteiger partial charge >= 0.3 is 5.97 Å². The maximum Gasteiger partial charge on any atom is 0.306 e. The smallest absolute Gasteiger partial charge is 0.306 e. The van der Waals surface area contributed by atoms with Gasteiger partial charge in [0.2, 0.25) is 0 Å². The Morgan fingerprint density at radius 2 is 2.20 bits per heavy atom. The lowest BCUT2D eigenvalue weighted by Crippen LogP contribution is -2.34. The predicted molar refractivity (Wildman–Crippen MR) is 94.2 cm³/mol. The average molecular weight is 344 g/mol. The summed E-state index contributed by atoms with van der Waals surface area (Å²) in [5.74, 6) is -0.618. The van der Waals surface area contributed by atoms with Crippen molar-refractivity contribution < 1.29 is 19.1 Å². The third-order valence-electron chi connectivity index (χ3n) is 4.42. The van der Waals surface area contributed by atoms with Gasteiger partial charge in [0.25, 0.3) is 5.91 Å². The summed E-state index contributed by atoms with van der Waals surface area (Å²) in [6.45, 7) is 1.02. The molecule has 0 radical (unpaired) electrons. The lowest BCUT2D eigenvalue weighted by atomic mass is 10.1. The summed E-state index contributed by atoms with van der Waals surface area (Å²) < 4.78 is 10.4. The summed E-state index contributed by atoms with van der Waals surface area (Å²) in [5, 5.41) is 3.92. The molecule has 6 nitrogen and oxygen atoms in total. The van der Waals surface area contributed by atoms with Gasteiger partial charge in [0.1, 0.15) is 0 Å². The highest BCUT2D eigenvalue weighted by Crippen LogP contribution is 2.19. The molecule has 2 N–H and O–H groups in total. The van der Waals surface area contributed by atoms with Gasteiger partial charge in [-0.2, -0.15) is 0 Å². The molecule has 1 atom stereocenters. The molecule has 0 bridgehead atoms. The number of aryl methyl sites for hydroxylation is 1. The van der Waals surface area contributed by atoms with Gasteiger partial charge in [-0.05, 0) is 37.3 Å². The molecule has 0 aliphatic carbocycles. The number of rotatable bonds is 8. The number of aromatic nitrogens is 1. The molecule has 0 spiro atoms. The second kappa shape index (κ2) is 8.67. The van der Waals surface area contributed by atoms with Gasteiger partial charge in [0.05, 0.1) is 6.10 Å². The lowest BCUT2D eigenvalue weighted by molar-refractivity contribution is -0.148. The minimum atomic E-state index is -0.341. The van der Waals surface area contributed by atoms with E-state index in [1.807, 2.05) is 24.4 Å². The molecule has 1 aromatic carbocycles. The summed E-state index contributed by atoms with van der Waals surface area (Å²) >= 11 is 0. The highest BCUT2D eigenvalue weighted by Gasteiger charge is 2.16. The normalized spacial score (nSPS) is 16.9. The van der Waals surface area contributed by atoms with Crippen molar-refractivity contribution in [2.24, 2.45) is 0 Å². The molecule has 1 saturated heterocycles. The zero-order valence-electron chi connectivity index (χ0n) is 14.3. The molecule has 25 heavy (non-hydrogen) atoms. The molecule has 6 heteroatoms. The molecule has 2 aromatic rings. The number of carbonyl (C=O) groups is 2. The molecule has 2 heterocycles. The second-order valence-corrected chi connectivity index (χ2v) is 6.31. The monoisotopic (exact) mass is 344 g/mol. The van der Waals surface area contributed by atoms with Gasteiger partial charge in [-0.3, -0.25) is 9.59 Å². The van der Waals surface area contributed by atoms with Gasteiger partial charge < -0.3 is 19.8 Å². The van der Waals surface area contributed by atoms with E-state index >= 15 is 0 Å². The topological polar surface area (TPSA) is 80.4 Å². The van der Waals surface area contributed by atoms with Crippen LogP contribution in [-0.4, -0.2) is 42.7 Å². The maximum absolute atomic E-state index is 11.8. The quantitative estimate of drug-likeness (QED) is 0.720. The first kappa shape index (κ1) is 17.5. The van der Waals surface area contributed by atoms with Crippen molar-refractivity contribution in [3.63, 3.8) is 0 Å². The van der Waals surface area contributed by atoms with Crippen LogP contribution in [0.5, 0.6) is 0 Å². The molecular weight excluding hydrogens is 320 g/mol. The summed E-state index contributed by atoms with van der Waals surface area (Å²) in [6, 6.07) is 8.09. The maximum atomic E-state index is 11.8. The molecule has 0 unspecified atom stereocenters. The Hall–Kier alpha value is -2.34. The largest absolute Gasteiger partial charge is 0.456 e. The summed E-state index contributed by atoms with van der Waals surface area (Å²) in [5.41, 5.74) is 2.29. The number of H-pyrrole nitrogens is 1. The van der Waals surface area contributed by atoms with E-state index in [1.165, 1.54) is 10.9 Å². The number of nitrogens with one attached hydrogen (secondary N) is 2. The molecule has 1 aliphatic rings. The number of aromatic amines is 1. The van der Waals surface area contributed by atoms with Crippen molar-refractivity contribution in [2.75, 3.05) is 19.8 Å². The van der Waals surface area contributed by atoms with E-state index in [9.17, 15) is 9.59 Å². The van der Waals surface area contributed by atoms with Crippen LogP contribution in [0.3, 0.4) is 0 Å². The fourth-order valence-corrected chi connectivity index (χ4v) is 3.06. The van der Waals surface area contributed by atoms with E-state index < -0.39 is 0 Å². The Balaban J connectivity index is 1.32. The fraction of sp³-hybridized carbons (Fsp3) is 0.474. The van der Waals surface area contributed by atoms with Crippen molar-refractivity contribution in [1.29, 1.82) is 0 Å². The van der Waals surface area contributed by atoms with Crippen LogP contribution in [0.2, 0.25) is 0 Å². The van der Waals surface area contributed by atoms with Gasteiger partial charge in [0.15, 0.2) is 6.61 Å². The molecule has 134 valence electrons. The zero-order valence-corrected chi connectivity index (χ0v) is 14.3. The van der Waals surface area contributed by atoms with Gasteiger partial charge in [0, 0.05) is 36.7 Å². The van der Waals surface area contributed by atoms with E-state index in [4.69, 9.17) is 9.47 Å². The number of benzene rings is 1. The first-order chi connectivity index (χ1) is 12.2.